The van der Waals surface area contributed by atoms with Crippen molar-refractivity contribution in [2.45, 2.75) is 43.9 Å². The smallest absolute Gasteiger partial charge is 0.255 e. The highest BCUT2D eigenvalue weighted by Crippen LogP contribution is 2.52. The maximum atomic E-state index is 12.6. The summed E-state index contributed by atoms with van der Waals surface area (Å²) in [5.41, 5.74) is 4.74. The van der Waals surface area contributed by atoms with Gasteiger partial charge in [-0.1, -0.05) is 17.7 Å². The molecule has 0 atom stereocenters. The first kappa shape index (κ1) is 18.6. The number of likely N-dealkylation sites (N-methyl/N-ethyl adjacent to an activating group) is 1. The van der Waals surface area contributed by atoms with Gasteiger partial charge in [0, 0.05) is 12.8 Å². The molecule has 1 amide bonds. The van der Waals surface area contributed by atoms with E-state index in [1.165, 1.54) is 39.2 Å². The molecule has 4 saturated carbocycles. The van der Waals surface area contributed by atoms with Gasteiger partial charge in [-0.2, -0.15) is 9.41 Å². The summed E-state index contributed by atoms with van der Waals surface area (Å²) in [4.78, 5) is 12.5. The monoisotopic (exact) mass is 389 g/mol. The number of carbonyl (C=O) groups excluding carboxylic acids is 1. The first-order valence-electron chi connectivity index (χ1n) is 9.72. The SMILES string of the molecule is Cc1ccc(S(=O)(=O)N(C)CC(=O)NN=C2C3CC4CC(C3)CC2C4)cc1. The average molecular weight is 390 g/mol. The van der Waals surface area contributed by atoms with E-state index < -0.39 is 15.9 Å². The Morgan fingerprint density at radius 2 is 1.63 bits per heavy atom. The highest BCUT2D eigenvalue weighted by atomic mass is 32.2. The molecule has 0 unspecified atom stereocenters. The average Bonchev–Trinajstić information content (AvgIpc) is 2.60. The van der Waals surface area contributed by atoms with Crippen molar-refractivity contribution in [3.05, 3.63) is 29.8 Å². The van der Waals surface area contributed by atoms with Crippen LogP contribution in [0.3, 0.4) is 0 Å². The minimum Gasteiger partial charge on any atom is -0.272 e. The molecule has 0 aliphatic heterocycles. The van der Waals surface area contributed by atoms with Crippen molar-refractivity contribution < 1.29 is 13.2 Å². The second-order valence-corrected chi connectivity index (χ2v) is 10.5. The fourth-order valence-electron chi connectivity index (χ4n) is 5.19. The molecule has 4 aliphatic rings. The maximum Gasteiger partial charge on any atom is 0.255 e. The molecule has 4 fully saturated rings. The van der Waals surface area contributed by atoms with E-state index in [2.05, 4.69) is 10.5 Å². The summed E-state index contributed by atoms with van der Waals surface area (Å²) in [6, 6.07) is 6.62. The zero-order chi connectivity index (χ0) is 19.2. The third-order valence-electron chi connectivity index (χ3n) is 6.38. The number of amides is 1. The van der Waals surface area contributed by atoms with Crippen LogP contribution in [0.15, 0.2) is 34.3 Å². The predicted octanol–water partition coefficient (Wildman–Crippen LogP) is 2.54. The summed E-state index contributed by atoms with van der Waals surface area (Å²) in [6.45, 7) is 1.66. The summed E-state index contributed by atoms with van der Waals surface area (Å²) in [5.74, 6) is 2.31. The Morgan fingerprint density at radius 1 is 1.07 bits per heavy atom. The van der Waals surface area contributed by atoms with Crippen LogP contribution in [0.4, 0.5) is 0 Å². The largest absolute Gasteiger partial charge is 0.272 e. The van der Waals surface area contributed by atoms with Gasteiger partial charge in [-0.25, -0.2) is 13.8 Å². The normalized spacial score (nSPS) is 29.2. The van der Waals surface area contributed by atoms with Crippen molar-refractivity contribution in [2.75, 3.05) is 13.6 Å². The lowest BCUT2D eigenvalue weighted by atomic mass is 9.55. The molecule has 0 saturated heterocycles. The fraction of sp³-hybridized carbons (Fsp3) is 0.600. The summed E-state index contributed by atoms with van der Waals surface area (Å²) >= 11 is 0. The van der Waals surface area contributed by atoms with Crippen molar-refractivity contribution >= 4 is 21.6 Å². The van der Waals surface area contributed by atoms with Crippen LogP contribution in [0.2, 0.25) is 0 Å². The summed E-state index contributed by atoms with van der Waals surface area (Å²) in [5, 5.41) is 4.44. The first-order chi connectivity index (χ1) is 12.8. The van der Waals surface area contributed by atoms with Crippen molar-refractivity contribution in [3.63, 3.8) is 0 Å². The molecule has 1 aromatic carbocycles. The van der Waals surface area contributed by atoms with Gasteiger partial charge in [0.15, 0.2) is 0 Å². The molecule has 0 heterocycles. The number of hydrogen-bond acceptors (Lipinski definition) is 4. The van der Waals surface area contributed by atoms with E-state index in [1.807, 2.05) is 6.92 Å². The molecule has 4 aliphatic carbocycles. The molecule has 0 radical (unpaired) electrons. The highest BCUT2D eigenvalue weighted by Gasteiger charge is 2.46. The Hall–Kier alpha value is -1.73. The third kappa shape index (κ3) is 3.67. The molecule has 5 rings (SSSR count). The van der Waals surface area contributed by atoms with E-state index in [-0.39, 0.29) is 11.4 Å². The summed E-state index contributed by atoms with van der Waals surface area (Å²) in [6.07, 6.45) is 6.16. The van der Waals surface area contributed by atoms with Crippen LogP contribution in [-0.2, 0) is 14.8 Å². The van der Waals surface area contributed by atoms with Crippen LogP contribution < -0.4 is 5.43 Å². The van der Waals surface area contributed by atoms with Gasteiger partial charge >= 0.3 is 0 Å². The van der Waals surface area contributed by atoms with Crippen LogP contribution in [0.25, 0.3) is 0 Å². The number of benzene rings is 1. The van der Waals surface area contributed by atoms with Crippen LogP contribution >= 0.6 is 0 Å². The van der Waals surface area contributed by atoms with Gasteiger partial charge in [0.1, 0.15) is 0 Å². The predicted molar refractivity (Wildman–Crippen MR) is 104 cm³/mol. The van der Waals surface area contributed by atoms with Crippen LogP contribution in [-0.4, -0.2) is 37.9 Å². The molecule has 6 nitrogen and oxygen atoms in total. The quantitative estimate of drug-likeness (QED) is 0.786. The number of nitrogens with one attached hydrogen (secondary N) is 1. The van der Waals surface area contributed by atoms with E-state index in [1.54, 1.807) is 24.3 Å². The Kier molecular flexibility index (Phi) is 4.84. The number of nitrogens with zero attached hydrogens (tertiary/aromatic N) is 2. The molecule has 1 aromatic rings. The second-order valence-electron chi connectivity index (χ2n) is 8.45. The Labute approximate surface area is 161 Å². The van der Waals surface area contributed by atoms with Crippen LogP contribution in [0.5, 0.6) is 0 Å². The zero-order valence-electron chi connectivity index (χ0n) is 15.9. The van der Waals surface area contributed by atoms with Crippen molar-refractivity contribution in [3.8, 4) is 0 Å². The lowest BCUT2D eigenvalue weighted by molar-refractivity contribution is -0.121. The van der Waals surface area contributed by atoms with E-state index in [4.69, 9.17) is 0 Å². The van der Waals surface area contributed by atoms with Crippen LogP contribution in [0.1, 0.15) is 37.7 Å². The van der Waals surface area contributed by atoms with Gasteiger partial charge in [0.25, 0.3) is 5.91 Å². The number of rotatable bonds is 5. The van der Waals surface area contributed by atoms with E-state index in [0.717, 1.165) is 27.4 Å². The standard InChI is InChI=1S/C20H27N3O3S/c1-13-3-5-18(6-4-13)27(25,26)23(2)12-19(24)21-22-20-16-8-14-7-15(10-16)11-17(20)9-14/h3-6,14-17H,7-12H2,1-2H3,(H,21,24). The maximum absolute atomic E-state index is 12.6. The molecule has 0 spiro atoms. The molecule has 4 bridgehead atoms. The second kappa shape index (κ2) is 7.02. The van der Waals surface area contributed by atoms with Gasteiger partial charge in [-0.3, -0.25) is 4.79 Å². The fourth-order valence-corrected chi connectivity index (χ4v) is 6.32. The van der Waals surface area contributed by atoms with Gasteiger partial charge in [-0.15, -0.1) is 0 Å². The molecule has 1 N–H and O–H groups in total. The number of carbonyl (C=O) groups is 1. The van der Waals surface area contributed by atoms with E-state index in [0.29, 0.717) is 11.8 Å². The third-order valence-corrected chi connectivity index (χ3v) is 8.20. The minimum absolute atomic E-state index is 0.191. The lowest BCUT2D eigenvalue weighted by Gasteiger charge is -2.50. The Bertz CT molecular complexity index is 831. The topological polar surface area (TPSA) is 78.8 Å². The Balaban J connectivity index is 1.38. The molecule has 27 heavy (non-hydrogen) atoms. The minimum atomic E-state index is -3.69. The van der Waals surface area contributed by atoms with E-state index in [9.17, 15) is 13.2 Å². The van der Waals surface area contributed by atoms with Gasteiger partial charge < -0.3 is 0 Å². The van der Waals surface area contributed by atoms with Crippen molar-refractivity contribution in [2.24, 2.45) is 28.8 Å². The van der Waals surface area contributed by atoms with Crippen molar-refractivity contribution in [1.82, 2.24) is 9.73 Å². The van der Waals surface area contributed by atoms with Crippen molar-refractivity contribution in [1.29, 1.82) is 0 Å². The number of sulfonamides is 1. The zero-order valence-corrected chi connectivity index (χ0v) is 16.7. The Morgan fingerprint density at radius 3 is 2.19 bits per heavy atom. The van der Waals surface area contributed by atoms with Gasteiger partial charge in [-0.05, 0) is 74.8 Å². The van der Waals surface area contributed by atoms with E-state index >= 15 is 0 Å². The van der Waals surface area contributed by atoms with Gasteiger partial charge in [0.05, 0.1) is 11.4 Å². The number of aryl methyl sites for hydroxylation is 1. The van der Waals surface area contributed by atoms with Crippen LogP contribution in [0, 0.1) is 30.6 Å². The molecule has 0 aromatic heterocycles. The summed E-state index contributed by atoms with van der Waals surface area (Å²) in [7, 11) is -2.27. The first-order valence-corrected chi connectivity index (χ1v) is 11.2. The molecular weight excluding hydrogens is 362 g/mol. The lowest BCUT2D eigenvalue weighted by Crippen LogP contribution is -2.46. The number of hydrazone groups is 1. The number of hydrogen-bond donors (Lipinski definition) is 1. The molecule has 146 valence electrons. The summed E-state index contributed by atoms with van der Waals surface area (Å²) < 4.78 is 26.3. The highest BCUT2D eigenvalue weighted by molar-refractivity contribution is 7.89. The molecular formula is C20H27N3O3S. The molecule has 7 heteroatoms. The van der Waals surface area contributed by atoms with Gasteiger partial charge in [0.2, 0.25) is 10.0 Å².